The molecule has 0 saturated carbocycles. The van der Waals surface area contributed by atoms with Gasteiger partial charge in [0.1, 0.15) is 18.5 Å². The van der Waals surface area contributed by atoms with Crippen LogP contribution in [0, 0.1) is 0 Å². The van der Waals surface area contributed by atoms with Crippen LogP contribution in [-0.4, -0.2) is 52.2 Å². The number of ether oxygens (including phenoxy) is 3. The lowest BCUT2D eigenvalue weighted by atomic mass is 10.1. The molecule has 1 unspecified atom stereocenters. The molecule has 8 heteroatoms. The first-order valence-electron chi connectivity index (χ1n) is 9.47. The Morgan fingerprint density at radius 1 is 0.933 bits per heavy atom. The molecule has 8 nitrogen and oxygen atoms in total. The van der Waals surface area contributed by atoms with Crippen molar-refractivity contribution in [3.63, 3.8) is 0 Å². The van der Waals surface area contributed by atoms with Crippen LogP contribution in [0.2, 0.25) is 0 Å². The van der Waals surface area contributed by atoms with Crippen molar-refractivity contribution in [2.75, 3.05) is 20.8 Å². The molecule has 3 aromatic carbocycles. The molecule has 1 aromatic heterocycles. The minimum atomic E-state index is -0.795. The molecular formula is C22H22N4O4. The summed E-state index contributed by atoms with van der Waals surface area (Å²) in [7, 11) is 3.14. The van der Waals surface area contributed by atoms with Gasteiger partial charge in [-0.15, -0.1) is 10.2 Å². The van der Waals surface area contributed by atoms with Crippen LogP contribution in [0.3, 0.4) is 0 Å². The summed E-state index contributed by atoms with van der Waals surface area (Å²) < 4.78 is 16.4. The number of tetrazole rings is 1. The van der Waals surface area contributed by atoms with Gasteiger partial charge in [-0.25, -0.2) is 0 Å². The quantitative estimate of drug-likeness (QED) is 0.481. The van der Waals surface area contributed by atoms with Crippen molar-refractivity contribution in [1.29, 1.82) is 0 Å². The van der Waals surface area contributed by atoms with Gasteiger partial charge in [0, 0.05) is 10.9 Å². The highest BCUT2D eigenvalue weighted by atomic mass is 16.5. The van der Waals surface area contributed by atoms with Crippen molar-refractivity contribution >= 4 is 10.8 Å². The molecule has 0 bridgehead atoms. The molecule has 0 amide bonds. The fraction of sp³-hybridized carbons (Fsp3) is 0.227. The normalized spacial score (nSPS) is 12.0. The average Bonchev–Trinajstić information content (AvgIpc) is 3.25. The van der Waals surface area contributed by atoms with Crippen LogP contribution in [0.1, 0.15) is 0 Å². The van der Waals surface area contributed by atoms with Gasteiger partial charge in [0.2, 0.25) is 5.82 Å². The highest BCUT2D eigenvalue weighted by Gasteiger charge is 2.14. The summed E-state index contributed by atoms with van der Waals surface area (Å²) in [6, 6.07) is 19.2. The van der Waals surface area contributed by atoms with Crippen LogP contribution in [0.4, 0.5) is 0 Å². The highest BCUT2D eigenvalue weighted by Crippen LogP contribution is 2.30. The second-order valence-corrected chi connectivity index (χ2v) is 6.68. The maximum atomic E-state index is 10.4. The third-order valence-corrected chi connectivity index (χ3v) is 4.65. The van der Waals surface area contributed by atoms with Crippen molar-refractivity contribution in [1.82, 2.24) is 20.2 Å². The third-order valence-electron chi connectivity index (χ3n) is 4.65. The molecule has 1 heterocycles. The van der Waals surface area contributed by atoms with Gasteiger partial charge >= 0.3 is 0 Å². The Morgan fingerprint density at radius 3 is 2.57 bits per heavy atom. The Hall–Kier alpha value is -3.65. The fourth-order valence-corrected chi connectivity index (χ4v) is 3.16. The number of benzene rings is 3. The molecule has 1 atom stereocenters. The van der Waals surface area contributed by atoms with Crippen molar-refractivity contribution in [2.24, 2.45) is 0 Å². The number of rotatable bonds is 8. The second-order valence-electron chi connectivity index (χ2n) is 6.68. The predicted octanol–water partition coefficient (Wildman–Crippen LogP) is 2.95. The van der Waals surface area contributed by atoms with Crippen LogP contribution >= 0.6 is 0 Å². The standard InChI is InChI=1S/C22H22N4O4/c1-28-20-11-10-16(12-21(20)29-2)22-23-25-26(24-22)13-17(27)14-30-19-9-5-7-15-6-3-4-8-18(15)19/h3-12,17,27H,13-14H2,1-2H3. The van der Waals surface area contributed by atoms with E-state index in [0.29, 0.717) is 17.3 Å². The van der Waals surface area contributed by atoms with E-state index in [0.717, 1.165) is 22.1 Å². The van der Waals surface area contributed by atoms with Gasteiger partial charge in [-0.2, -0.15) is 4.80 Å². The molecule has 0 spiro atoms. The van der Waals surface area contributed by atoms with Gasteiger partial charge in [-0.1, -0.05) is 36.4 Å². The number of aromatic nitrogens is 4. The van der Waals surface area contributed by atoms with Gasteiger partial charge in [0.25, 0.3) is 0 Å². The van der Waals surface area contributed by atoms with Crippen molar-refractivity contribution in [2.45, 2.75) is 12.6 Å². The Morgan fingerprint density at radius 2 is 1.73 bits per heavy atom. The summed E-state index contributed by atoms with van der Waals surface area (Å²) in [4.78, 5) is 1.35. The minimum Gasteiger partial charge on any atom is -0.493 e. The first-order chi connectivity index (χ1) is 14.7. The number of methoxy groups -OCH3 is 2. The number of aliphatic hydroxyl groups excluding tert-OH is 1. The van der Waals surface area contributed by atoms with E-state index >= 15 is 0 Å². The molecule has 30 heavy (non-hydrogen) atoms. The molecule has 0 aliphatic heterocycles. The van der Waals surface area contributed by atoms with Gasteiger partial charge in [-0.05, 0) is 34.9 Å². The van der Waals surface area contributed by atoms with Crippen LogP contribution in [0.15, 0.2) is 60.7 Å². The SMILES string of the molecule is COc1ccc(-c2nnn(CC(O)COc3cccc4ccccc34)n2)cc1OC. The number of nitrogens with zero attached hydrogens (tertiary/aromatic N) is 4. The van der Waals surface area contributed by atoms with Crippen molar-refractivity contribution < 1.29 is 19.3 Å². The van der Waals surface area contributed by atoms with Gasteiger partial charge in [0.15, 0.2) is 11.5 Å². The smallest absolute Gasteiger partial charge is 0.205 e. The van der Waals surface area contributed by atoms with E-state index in [1.807, 2.05) is 48.5 Å². The lowest BCUT2D eigenvalue weighted by Gasteiger charge is -2.13. The Kier molecular flexibility index (Phi) is 5.76. The van der Waals surface area contributed by atoms with E-state index in [1.165, 1.54) is 4.80 Å². The molecule has 0 saturated heterocycles. The van der Waals surface area contributed by atoms with Crippen molar-refractivity contribution in [3.05, 3.63) is 60.7 Å². The summed E-state index contributed by atoms with van der Waals surface area (Å²) in [5.74, 6) is 2.35. The summed E-state index contributed by atoms with van der Waals surface area (Å²) in [5.41, 5.74) is 0.736. The molecule has 4 aromatic rings. The number of hydrogen-bond acceptors (Lipinski definition) is 7. The molecule has 0 aliphatic carbocycles. The zero-order valence-corrected chi connectivity index (χ0v) is 16.7. The zero-order chi connectivity index (χ0) is 20.9. The molecule has 4 rings (SSSR count). The third kappa shape index (κ3) is 4.18. The topological polar surface area (TPSA) is 91.5 Å². The Bertz CT molecular complexity index is 1140. The maximum absolute atomic E-state index is 10.4. The molecule has 0 fully saturated rings. The van der Waals surface area contributed by atoms with E-state index in [2.05, 4.69) is 15.4 Å². The molecular weight excluding hydrogens is 384 g/mol. The fourth-order valence-electron chi connectivity index (χ4n) is 3.16. The van der Waals surface area contributed by atoms with E-state index < -0.39 is 6.10 Å². The van der Waals surface area contributed by atoms with E-state index in [1.54, 1.807) is 26.4 Å². The molecule has 154 valence electrons. The summed E-state index contributed by atoms with van der Waals surface area (Å²) in [6.07, 6.45) is -0.795. The van der Waals surface area contributed by atoms with Crippen LogP contribution in [0.25, 0.3) is 22.2 Å². The zero-order valence-electron chi connectivity index (χ0n) is 16.7. The average molecular weight is 406 g/mol. The number of fused-ring (bicyclic) bond motifs is 1. The van der Waals surface area contributed by atoms with E-state index in [4.69, 9.17) is 14.2 Å². The minimum absolute atomic E-state index is 0.112. The first-order valence-corrected chi connectivity index (χ1v) is 9.47. The Labute approximate surface area is 173 Å². The van der Waals surface area contributed by atoms with E-state index in [-0.39, 0.29) is 13.2 Å². The van der Waals surface area contributed by atoms with Crippen LogP contribution in [-0.2, 0) is 6.54 Å². The van der Waals surface area contributed by atoms with Crippen molar-refractivity contribution in [3.8, 4) is 28.6 Å². The summed E-state index contributed by atoms with van der Waals surface area (Å²) in [5, 5.41) is 24.9. The Balaban J connectivity index is 1.41. The van der Waals surface area contributed by atoms with Gasteiger partial charge < -0.3 is 19.3 Å². The van der Waals surface area contributed by atoms with Gasteiger partial charge in [-0.3, -0.25) is 0 Å². The molecule has 0 aliphatic rings. The monoisotopic (exact) mass is 406 g/mol. The van der Waals surface area contributed by atoms with Crippen LogP contribution in [0.5, 0.6) is 17.2 Å². The van der Waals surface area contributed by atoms with E-state index in [9.17, 15) is 5.11 Å². The summed E-state index contributed by atoms with van der Waals surface area (Å²) >= 11 is 0. The molecule has 1 N–H and O–H groups in total. The second kappa shape index (κ2) is 8.79. The largest absolute Gasteiger partial charge is 0.493 e. The van der Waals surface area contributed by atoms with Crippen LogP contribution < -0.4 is 14.2 Å². The first kappa shape index (κ1) is 19.7. The maximum Gasteiger partial charge on any atom is 0.205 e. The summed E-state index contributed by atoms with van der Waals surface area (Å²) in [6.45, 7) is 0.270. The highest BCUT2D eigenvalue weighted by molar-refractivity contribution is 5.88. The van der Waals surface area contributed by atoms with Gasteiger partial charge in [0.05, 0.1) is 20.8 Å². The predicted molar refractivity (Wildman–Crippen MR) is 112 cm³/mol. The lowest BCUT2D eigenvalue weighted by molar-refractivity contribution is 0.0857. The number of hydrogen-bond donors (Lipinski definition) is 1. The number of aliphatic hydroxyl groups is 1. The molecule has 0 radical (unpaired) electrons. The lowest BCUT2D eigenvalue weighted by Crippen LogP contribution is -2.25.